The smallest absolute Gasteiger partial charge is 0.124 e. The van der Waals surface area contributed by atoms with Gasteiger partial charge in [-0.05, 0) is 51.8 Å². The highest BCUT2D eigenvalue weighted by Gasteiger charge is 2.20. The zero-order valence-corrected chi connectivity index (χ0v) is 17.2. The Hall–Kier alpha value is -1.65. The van der Waals surface area contributed by atoms with Crippen molar-refractivity contribution >= 4 is 17.0 Å². The summed E-state index contributed by atoms with van der Waals surface area (Å²) in [4.78, 5) is 8.44. The summed E-state index contributed by atoms with van der Waals surface area (Å²) in [5.41, 5.74) is 4.67. The summed E-state index contributed by atoms with van der Waals surface area (Å²) in [7, 11) is 2.23. The Balaban J connectivity index is 1.60. The van der Waals surface area contributed by atoms with Gasteiger partial charge in [0.25, 0.3) is 0 Å². The van der Waals surface area contributed by atoms with Crippen molar-refractivity contribution < 1.29 is 0 Å². The molecule has 4 heteroatoms. The molecule has 1 fully saturated rings. The molecule has 3 nitrogen and oxygen atoms in total. The van der Waals surface area contributed by atoms with Crippen LogP contribution in [0.2, 0.25) is 0 Å². The summed E-state index contributed by atoms with van der Waals surface area (Å²) in [5, 5.41) is 4.61. The predicted octanol–water partition coefficient (Wildman–Crippen LogP) is 5.12. The second-order valence-corrected chi connectivity index (χ2v) is 8.35. The van der Waals surface area contributed by atoms with Crippen LogP contribution in [0.3, 0.4) is 0 Å². The van der Waals surface area contributed by atoms with Crippen molar-refractivity contribution in [2.45, 2.75) is 52.0 Å². The van der Waals surface area contributed by atoms with Crippen molar-refractivity contribution in [2.75, 3.05) is 20.1 Å². The molecule has 0 radical (unpaired) electrons. The van der Waals surface area contributed by atoms with Crippen molar-refractivity contribution in [3.63, 3.8) is 0 Å². The number of likely N-dealkylation sites (tertiary alicyclic amines) is 1. The van der Waals surface area contributed by atoms with Crippen LogP contribution in [0.5, 0.6) is 0 Å². The van der Waals surface area contributed by atoms with Gasteiger partial charge in [0.05, 0.1) is 10.6 Å². The molecule has 0 spiro atoms. The summed E-state index contributed by atoms with van der Waals surface area (Å²) < 4.78 is 0. The van der Waals surface area contributed by atoms with Crippen LogP contribution in [0.25, 0.3) is 16.3 Å². The Morgan fingerprint density at radius 1 is 1.35 bits per heavy atom. The number of hydrogen-bond donors (Lipinski definition) is 1. The maximum Gasteiger partial charge on any atom is 0.124 e. The van der Waals surface area contributed by atoms with Gasteiger partial charge in [-0.2, -0.15) is 0 Å². The number of benzene rings is 1. The lowest BCUT2D eigenvalue weighted by molar-refractivity contribution is 0.297. The normalized spacial score (nSPS) is 17.6. The van der Waals surface area contributed by atoms with Crippen molar-refractivity contribution in [2.24, 2.45) is 0 Å². The molecule has 2 aromatic rings. The number of nitrogens with one attached hydrogen (secondary N) is 1. The molecule has 1 atom stereocenters. The number of aromatic nitrogens is 1. The summed E-state index contributed by atoms with van der Waals surface area (Å²) in [6, 6.07) is 9.55. The van der Waals surface area contributed by atoms with Crippen LogP contribution in [0.1, 0.15) is 48.7 Å². The molecule has 0 bridgehead atoms. The molecule has 1 unspecified atom stereocenters. The second kappa shape index (κ2) is 8.83. The molecular formula is C22H31N3S. The van der Waals surface area contributed by atoms with Crippen molar-refractivity contribution in [1.29, 1.82) is 0 Å². The van der Waals surface area contributed by atoms with E-state index in [9.17, 15) is 0 Å². The minimum atomic E-state index is 0.718. The molecule has 140 valence electrons. The Labute approximate surface area is 162 Å². The largest absolute Gasteiger partial charge is 0.384 e. The van der Waals surface area contributed by atoms with Gasteiger partial charge in [0.1, 0.15) is 5.01 Å². The minimum absolute atomic E-state index is 0.718. The third-order valence-electron chi connectivity index (χ3n) is 5.30. The predicted molar refractivity (Wildman–Crippen MR) is 114 cm³/mol. The number of hydrogen-bond acceptors (Lipinski definition) is 4. The van der Waals surface area contributed by atoms with Crippen molar-refractivity contribution in [3.05, 3.63) is 47.0 Å². The summed E-state index contributed by atoms with van der Waals surface area (Å²) in [6.07, 6.45) is 6.15. The summed E-state index contributed by atoms with van der Waals surface area (Å²) >= 11 is 1.74. The van der Waals surface area contributed by atoms with Gasteiger partial charge >= 0.3 is 0 Å². The fourth-order valence-corrected chi connectivity index (χ4v) is 4.74. The third kappa shape index (κ3) is 4.54. The molecule has 0 saturated carbocycles. The molecule has 1 aliphatic rings. The van der Waals surface area contributed by atoms with Gasteiger partial charge in [-0.1, -0.05) is 44.2 Å². The zero-order valence-electron chi connectivity index (χ0n) is 16.3. The molecule has 1 N–H and O–H groups in total. The van der Waals surface area contributed by atoms with Crippen LogP contribution in [0, 0.1) is 6.92 Å². The topological polar surface area (TPSA) is 28.2 Å². The lowest BCUT2D eigenvalue weighted by atomic mass is 10.1. The quantitative estimate of drug-likeness (QED) is 0.700. The zero-order chi connectivity index (χ0) is 18.5. The van der Waals surface area contributed by atoms with Crippen LogP contribution in [-0.2, 0) is 6.42 Å². The molecular weight excluding hydrogens is 338 g/mol. The summed E-state index contributed by atoms with van der Waals surface area (Å²) in [6.45, 7) is 10.8. The average molecular weight is 370 g/mol. The Kier molecular flexibility index (Phi) is 6.49. The lowest BCUT2D eigenvalue weighted by Gasteiger charge is -2.19. The van der Waals surface area contributed by atoms with Crippen LogP contribution in [0.15, 0.2) is 30.8 Å². The van der Waals surface area contributed by atoms with E-state index in [1.165, 1.54) is 48.2 Å². The standard InChI is InChI=1S/C22H31N3S/c1-5-7-18-9-11-19(12-10-18)22-24-17(3)21(26-22)16(2)23-14-13-20-8-6-15-25(20)4/h9-12,20,23H,2,5-8,13-15H2,1,3-4H3. The van der Waals surface area contributed by atoms with Gasteiger partial charge in [-0.3, -0.25) is 0 Å². The number of thiazole rings is 1. The first-order valence-corrected chi connectivity index (χ1v) is 10.6. The van der Waals surface area contributed by atoms with Gasteiger partial charge in [-0.15, -0.1) is 11.3 Å². The average Bonchev–Trinajstić information content (AvgIpc) is 3.22. The van der Waals surface area contributed by atoms with Gasteiger partial charge in [0, 0.05) is 23.8 Å². The van der Waals surface area contributed by atoms with Crippen LogP contribution in [-0.4, -0.2) is 36.1 Å². The molecule has 1 aliphatic heterocycles. The van der Waals surface area contributed by atoms with E-state index in [4.69, 9.17) is 4.98 Å². The summed E-state index contributed by atoms with van der Waals surface area (Å²) in [5.74, 6) is 0. The highest BCUT2D eigenvalue weighted by Crippen LogP contribution is 2.31. The molecule has 1 saturated heterocycles. The molecule has 3 rings (SSSR count). The SMILES string of the molecule is C=C(NCCC1CCCN1C)c1sc(-c2ccc(CCC)cc2)nc1C. The third-order valence-corrected chi connectivity index (χ3v) is 6.56. The van der Waals surface area contributed by atoms with E-state index >= 15 is 0 Å². The van der Waals surface area contributed by atoms with E-state index in [1.807, 2.05) is 0 Å². The number of rotatable bonds is 8. The van der Waals surface area contributed by atoms with Crippen LogP contribution in [0.4, 0.5) is 0 Å². The second-order valence-electron chi connectivity index (χ2n) is 7.35. The molecule has 26 heavy (non-hydrogen) atoms. The highest BCUT2D eigenvalue weighted by molar-refractivity contribution is 7.16. The number of aryl methyl sites for hydroxylation is 2. The van der Waals surface area contributed by atoms with E-state index in [1.54, 1.807) is 11.3 Å². The molecule has 0 amide bonds. The Morgan fingerprint density at radius 2 is 2.12 bits per heavy atom. The van der Waals surface area contributed by atoms with E-state index in [-0.39, 0.29) is 0 Å². The fraction of sp³-hybridized carbons (Fsp3) is 0.500. The minimum Gasteiger partial charge on any atom is -0.384 e. The van der Waals surface area contributed by atoms with Crippen molar-refractivity contribution in [1.82, 2.24) is 15.2 Å². The van der Waals surface area contributed by atoms with Gasteiger partial charge < -0.3 is 10.2 Å². The Bertz CT molecular complexity index is 732. The molecule has 1 aromatic carbocycles. The fourth-order valence-electron chi connectivity index (χ4n) is 3.72. The first kappa shape index (κ1) is 19.1. The first-order chi connectivity index (χ1) is 12.6. The van der Waals surface area contributed by atoms with Crippen LogP contribution >= 0.6 is 11.3 Å². The number of nitrogens with zero attached hydrogens (tertiary/aromatic N) is 2. The van der Waals surface area contributed by atoms with Crippen molar-refractivity contribution in [3.8, 4) is 10.6 Å². The van der Waals surface area contributed by atoms with E-state index in [0.29, 0.717) is 0 Å². The van der Waals surface area contributed by atoms with E-state index < -0.39 is 0 Å². The highest BCUT2D eigenvalue weighted by atomic mass is 32.1. The maximum atomic E-state index is 4.78. The monoisotopic (exact) mass is 369 g/mol. The van der Waals surface area contributed by atoms with Gasteiger partial charge in [0.15, 0.2) is 0 Å². The molecule has 0 aliphatic carbocycles. The Morgan fingerprint density at radius 3 is 2.77 bits per heavy atom. The maximum absolute atomic E-state index is 4.78. The molecule has 2 heterocycles. The van der Waals surface area contributed by atoms with Gasteiger partial charge in [-0.25, -0.2) is 4.98 Å². The first-order valence-electron chi connectivity index (χ1n) is 9.78. The van der Waals surface area contributed by atoms with E-state index in [2.05, 4.69) is 62.0 Å². The van der Waals surface area contributed by atoms with Gasteiger partial charge in [0.2, 0.25) is 0 Å². The lowest BCUT2D eigenvalue weighted by Crippen LogP contribution is -2.28. The molecule has 1 aromatic heterocycles. The van der Waals surface area contributed by atoms with Crippen LogP contribution < -0.4 is 5.32 Å². The van der Waals surface area contributed by atoms with E-state index in [0.717, 1.165) is 35.4 Å².